The molecule has 1 amide bonds. The number of aromatic nitrogens is 1. The highest BCUT2D eigenvalue weighted by Crippen LogP contribution is 2.21. The van der Waals surface area contributed by atoms with Gasteiger partial charge in [-0.15, -0.1) is 0 Å². The Morgan fingerprint density at radius 3 is 2.90 bits per heavy atom. The minimum absolute atomic E-state index is 0.0504. The van der Waals surface area contributed by atoms with Crippen LogP contribution in [0.2, 0.25) is 0 Å². The summed E-state index contributed by atoms with van der Waals surface area (Å²) in [7, 11) is 0. The Kier molecular flexibility index (Phi) is 2.74. The monoisotopic (exact) mass is 278 g/mol. The fourth-order valence-electron chi connectivity index (χ4n) is 2.84. The first-order valence-corrected chi connectivity index (χ1v) is 7.00. The number of hydrogen-bond acceptors (Lipinski definition) is 3. The van der Waals surface area contributed by atoms with Crippen molar-refractivity contribution >= 4 is 17.0 Å². The van der Waals surface area contributed by atoms with Gasteiger partial charge >= 0.3 is 0 Å². The molecule has 3 aromatic rings. The molecular formula is C17H14N2O2. The maximum atomic E-state index is 12.6. The summed E-state index contributed by atoms with van der Waals surface area (Å²) < 4.78 is 5.21. The van der Waals surface area contributed by atoms with E-state index >= 15 is 0 Å². The summed E-state index contributed by atoms with van der Waals surface area (Å²) in [6, 6.07) is 13.7. The fourth-order valence-corrected chi connectivity index (χ4v) is 2.84. The Bertz CT molecular complexity index is 822. The van der Waals surface area contributed by atoms with Gasteiger partial charge < -0.3 is 9.32 Å². The molecule has 4 rings (SSSR count). The van der Waals surface area contributed by atoms with Crippen molar-refractivity contribution in [3.63, 3.8) is 0 Å². The van der Waals surface area contributed by atoms with Crippen LogP contribution in [-0.2, 0) is 13.0 Å². The smallest absolute Gasteiger partial charge is 0.254 e. The molecular weight excluding hydrogens is 264 g/mol. The number of amides is 1. The molecule has 0 unspecified atom stereocenters. The van der Waals surface area contributed by atoms with E-state index in [9.17, 15) is 4.79 Å². The average molecular weight is 278 g/mol. The van der Waals surface area contributed by atoms with Crippen molar-refractivity contribution in [3.05, 3.63) is 65.5 Å². The van der Waals surface area contributed by atoms with Crippen LogP contribution in [0.25, 0.3) is 11.1 Å². The lowest BCUT2D eigenvalue weighted by Gasteiger charge is -2.28. The van der Waals surface area contributed by atoms with E-state index in [0.717, 1.165) is 18.5 Å². The Hall–Kier alpha value is -2.62. The Morgan fingerprint density at radius 2 is 2.00 bits per heavy atom. The lowest BCUT2D eigenvalue weighted by molar-refractivity contribution is 0.0735. The second kappa shape index (κ2) is 4.74. The summed E-state index contributed by atoms with van der Waals surface area (Å²) in [5, 5.41) is 0. The average Bonchev–Trinajstić information content (AvgIpc) is 3.01. The molecule has 1 aliphatic heterocycles. The molecule has 0 N–H and O–H groups in total. The molecule has 0 fully saturated rings. The van der Waals surface area contributed by atoms with E-state index in [1.165, 1.54) is 17.5 Å². The molecule has 0 radical (unpaired) electrons. The van der Waals surface area contributed by atoms with Crippen molar-refractivity contribution in [2.75, 3.05) is 6.54 Å². The topological polar surface area (TPSA) is 46.3 Å². The second-order valence-corrected chi connectivity index (χ2v) is 5.28. The zero-order valence-electron chi connectivity index (χ0n) is 11.5. The lowest BCUT2D eigenvalue weighted by atomic mass is 9.99. The summed E-state index contributed by atoms with van der Waals surface area (Å²) in [5.74, 6) is 0.0504. The molecule has 104 valence electrons. The summed E-state index contributed by atoms with van der Waals surface area (Å²) >= 11 is 0. The highest BCUT2D eigenvalue weighted by atomic mass is 16.3. The second-order valence-electron chi connectivity index (χ2n) is 5.28. The molecule has 0 aliphatic carbocycles. The molecule has 0 atom stereocenters. The van der Waals surface area contributed by atoms with Gasteiger partial charge in [0.25, 0.3) is 5.91 Å². The van der Waals surface area contributed by atoms with Gasteiger partial charge in [0, 0.05) is 18.7 Å². The van der Waals surface area contributed by atoms with Crippen molar-refractivity contribution in [3.8, 4) is 0 Å². The number of carbonyl (C=O) groups is 1. The number of oxazole rings is 1. The van der Waals surface area contributed by atoms with Gasteiger partial charge in [-0.1, -0.05) is 24.3 Å². The molecule has 0 saturated carbocycles. The molecule has 0 spiro atoms. The zero-order chi connectivity index (χ0) is 14.2. The highest BCUT2D eigenvalue weighted by Gasteiger charge is 2.21. The molecule has 0 saturated heterocycles. The Balaban J connectivity index is 1.63. The predicted molar refractivity (Wildman–Crippen MR) is 78.9 cm³/mol. The van der Waals surface area contributed by atoms with Crippen molar-refractivity contribution in [1.82, 2.24) is 9.88 Å². The first kappa shape index (κ1) is 12.1. The van der Waals surface area contributed by atoms with Gasteiger partial charge in [-0.2, -0.15) is 0 Å². The number of fused-ring (bicyclic) bond motifs is 2. The van der Waals surface area contributed by atoms with Crippen LogP contribution in [0.5, 0.6) is 0 Å². The van der Waals surface area contributed by atoms with Crippen LogP contribution in [0.15, 0.2) is 53.3 Å². The fraction of sp³-hybridized carbons (Fsp3) is 0.176. The molecule has 21 heavy (non-hydrogen) atoms. The van der Waals surface area contributed by atoms with Crippen LogP contribution in [-0.4, -0.2) is 22.3 Å². The SMILES string of the molecule is O=C(c1ccc2ocnc2c1)N1CCc2ccccc2C1. The Morgan fingerprint density at radius 1 is 1.14 bits per heavy atom. The quantitative estimate of drug-likeness (QED) is 0.687. The molecule has 4 nitrogen and oxygen atoms in total. The summed E-state index contributed by atoms with van der Waals surface area (Å²) in [6.07, 6.45) is 2.31. The predicted octanol–water partition coefficient (Wildman–Crippen LogP) is 3.03. The number of hydrogen-bond donors (Lipinski definition) is 0. The molecule has 4 heteroatoms. The van der Waals surface area contributed by atoms with Crippen LogP contribution >= 0.6 is 0 Å². The van der Waals surface area contributed by atoms with Gasteiger partial charge in [0.15, 0.2) is 12.0 Å². The molecule has 1 aliphatic rings. The summed E-state index contributed by atoms with van der Waals surface area (Å²) in [5.41, 5.74) is 4.66. The standard InChI is InChI=1S/C17H14N2O2/c20-17(13-5-6-16-15(9-13)18-11-21-16)19-8-7-12-3-1-2-4-14(12)10-19/h1-6,9,11H,7-8,10H2. The van der Waals surface area contributed by atoms with E-state index in [2.05, 4.69) is 23.2 Å². The van der Waals surface area contributed by atoms with Crippen LogP contribution in [0.3, 0.4) is 0 Å². The van der Waals surface area contributed by atoms with Crippen molar-refractivity contribution < 1.29 is 9.21 Å². The maximum Gasteiger partial charge on any atom is 0.254 e. The van der Waals surface area contributed by atoms with Gasteiger partial charge in [-0.05, 0) is 35.7 Å². The number of benzene rings is 2. The van der Waals surface area contributed by atoms with E-state index in [1.54, 1.807) is 18.2 Å². The molecule has 2 aromatic carbocycles. The first-order valence-electron chi connectivity index (χ1n) is 7.00. The lowest BCUT2D eigenvalue weighted by Crippen LogP contribution is -2.35. The number of carbonyl (C=O) groups excluding carboxylic acids is 1. The minimum Gasteiger partial charge on any atom is -0.443 e. The van der Waals surface area contributed by atoms with Crippen molar-refractivity contribution in [2.45, 2.75) is 13.0 Å². The van der Waals surface area contributed by atoms with Gasteiger partial charge in [0.05, 0.1) is 0 Å². The summed E-state index contributed by atoms with van der Waals surface area (Å²) in [6.45, 7) is 1.43. The normalized spacial score (nSPS) is 14.2. The van der Waals surface area contributed by atoms with Crippen LogP contribution in [0.4, 0.5) is 0 Å². The van der Waals surface area contributed by atoms with Crippen LogP contribution in [0, 0.1) is 0 Å². The van der Waals surface area contributed by atoms with Gasteiger partial charge in [0.1, 0.15) is 5.52 Å². The summed E-state index contributed by atoms with van der Waals surface area (Å²) in [4.78, 5) is 18.6. The van der Waals surface area contributed by atoms with E-state index in [0.29, 0.717) is 17.7 Å². The molecule has 0 bridgehead atoms. The van der Waals surface area contributed by atoms with E-state index < -0.39 is 0 Å². The number of rotatable bonds is 1. The van der Waals surface area contributed by atoms with E-state index in [4.69, 9.17) is 4.42 Å². The Labute approximate surface area is 122 Å². The molecule has 1 aromatic heterocycles. The maximum absolute atomic E-state index is 12.6. The largest absolute Gasteiger partial charge is 0.443 e. The van der Waals surface area contributed by atoms with Gasteiger partial charge in [-0.25, -0.2) is 4.98 Å². The van der Waals surface area contributed by atoms with E-state index in [1.807, 2.05) is 11.0 Å². The van der Waals surface area contributed by atoms with E-state index in [-0.39, 0.29) is 5.91 Å². The number of nitrogens with zero attached hydrogens (tertiary/aromatic N) is 2. The zero-order valence-corrected chi connectivity index (χ0v) is 11.5. The van der Waals surface area contributed by atoms with Crippen LogP contribution < -0.4 is 0 Å². The third-order valence-corrected chi connectivity index (χ3v) is 4.00. The first-order chi connectivity index (χ1) is 10.3. The van der Waals surface area contributed by atoms with Crippen molar-refractivity contribution in [2.24, 2.45) is 0 Å². The minimum atomic E-state index is 0.0504. The van der Waals surface area contributed by atoms with Gasteiger partial charge in [0.2, 0.25) is 0 Å². The third kappa shape index (κ3) is 2.09. The van der Waals surface area contributed by atoms with Gasteiger partial charge in [-0.3, -0.25) is 4.79 Å². The third-order valence-electron chi connectivity index (χ3n) is 4.00. The van der Waals surface area contributed by atoms with Crippen molar-refractivity contribution in [1.29, 1.82) is 0 Å². The molecule has 2 heterocycles. The van der Waals surface area contributed by atoms with Crippen LogP contribution in [0.1, 0.15) is 21.5 Å². The highest BCUT2D eigenvalue weighted by molar-refractivity contribution is 5.97.